The van der Waals surface area contributed by atoms with Gasteiger partial charge in [0.15, 0.2) is 5.13 Å². The van der Waals surface area contributed by atoms with Crippen molar-refractivity contribution in [2.75, 3.05) is 44.3 Å². The van der Waals surface area contributed by atoms with E-state index in [-0.39, 0.29) is 5.91 Å². The van der Waals surface area contributed by atoms with Crippen molar-refractivity contribution in [3.8, 4) is 11.5 Å². The van der Waals surface area contributed by atoms with Crippen LogP contribution in [0.25, 0.3) is 10.2 Å². The van der Waals surface area contributed by atoms with E-state index >= 15 is 0 Å². The zero-order chi connectivity index (χ0) is 23.8. The molecule has 1 fully saturated rings. The number of hydrogen-bond donors (Lipinski definition) is 0. The van der Waals surface area contributed by atoms with E-state index in [9.17, 15) is 4.79 Å². The molecule has 2 aliphatic rings. The van der Waals surface area contributed by atoms with Gasteiger partial charge >= 0.3 is 0 Å². The van der Waals surface area contributed by atoms with E-state index in [2.05, 4.69) is 4.90 Å². The number of fused-ring (bicyclic) bond motifs is 3. The number of nitrogens with zero attached hydrogens (tertiary/aromatic N) is 3. The summed E-state index contributed by atoms with van der Waals surface area (Å²) >= 11 is 7.93. The number of thiazole rings is 1. The average Bonchev–Trinajstić information content (AvgIpc) is 3.33. The zero-order valence-corrected chi connectivity index (χ0v) is 20.6. The van der Waals surface area contributed by atoms with Gasteiger partial charge in [-0.25, -0.2) is 4.98 Å². The number of amides is 1. The molecule has 1 saturated heterocycles. The van der Waals surface area contributed by atoms with Crippen LogP contribution in [-0.2, 0) is 9.53 Å². The Bertz CT molecular complexity index is 1340. The smallest absolute Gasteiger partial charge is 0.241 e. The Labute approximate surface area is 212 Å². The molecule has 0 N–H and O–H groups in total. The van der Waals surface area contributed by atoms with Crippen LogP contribution in [0.4, 0.5) is 5.13 Å². The fourth-order valence-corrected chi connectivity index (χ4v) is 6.01. The van der Waals surface area contributed by atoms with Crippen LogP contribution in [0.1, 0.15) is 17.0 Å². The molecular weight excluding hydrogens is 482 g/mol. The van der Waals surface area contributed by atoms with E-state index < -0.39 is 5.92 Å². The number of anilines is 1. The molecule has 8 heteroatoms. The topological polar surface area (TPSA) is 54.9 Å². The van der Waals surface area contributed by atoms with Crippen molar-refractivity contribution in [3.05, 3.63) is 82.9 Å². The lowest BCUT2D eigenvalue weighted by molar-refractivity contribution is -0.119. The Morgan fingerprint density at radius 2 is 1.69 bits per heavy atom. The number of ether oxygens (including phenoxy) is 2. The van der Waals surface area contributed by atoms with E-state index in [1.165, 1.54) is 11.3 Å². The van der Waals surface area contributed by atoms with Gasteiger partial charge in [0.25, 0.3) is 0 Å². The first-order chi connectivity index (χ1) is 17.2. The molecule has 4 aromatic rings. The highest BCUT2D eigenvalue weighted by Gasteiger charge is 2.36. The SMILES string of the molecule is O=C(C1c2ccccc2Oc2ccccc21)N(CCN1CCOCC1)c1nc2c(Cl)cccc2s1. The highest BCUT2D eigenvalue weighted by molar-refractivity contribution is 7.22. The summed E-state index contributed by atoms with van der Waals surface area (Å²) in [6, 6.07) is 21.3. The molecule has 0 radical (unpaired) electrons. The monoisotopic (exact) mass is 505 g/mol. The van der Waals surface area contributed by atoms with Gasteiger partial charge in [-0.2, -0.15) is 0 Å². The average molecular weight is 506 g/mol. The van der Waals surface area contributed by atoms with Crippen LogP contribution in [0, 0.1) is 0 Å². The van der Waals surface area contributed by atoms with Crippen LogP contribution >= 0.6 is 22.9 Å². The van der Waals surface area contributed by atoms with Crippen molar-refractivity contribution < 1.29 is 14.3 Å². The molecule has 1 aromatic heterocycles. The van der Waals surface area contributed by atoms with Crippen LogP contribution in [0.2, 0.25) is 5.02 Å². The van der Waals surface area contributed by atoms with E-state index in [4.69, 9.17) is 26.1 Å². The molecule has 3 heterocycles. The number of rotatable bonds is 5. The molecule has 2 aliphatic heterocycles. The summed E-state index contributed by atoms with van der Waals surface area (Å²) in [5.41, 5.74) is 2.46. The number of para-hydroxylation sites is 3. The van der Waals surface area contributed by atoms with Crippen molar-refractivity contribution >= 4 is 44.2 Å². The normalized spacial score (nSPS) is 15.9. The van der Waals surface area contributed by atoms with E-state index in [1.54, 1.807) is 0 Å². The third-order valence-electron chi connectivity index (χ3n) is 6.53. The first-order valence-electron chi connectivity index (χ1n) is 11.7. The highest BCUT2D eigenvalue weighted by Crippen LogP contribution is 2.45. The maximum Gasteiger partial charge on any atom is 0.241 e. The molecule has 3 aromatic carbocycles. The summed E-state index contributed by atoms with van der Waals surface area (Å²) in [5, 5.41) is 1.25. The Balaban J connectivity index is 1.42. The van der Waals surface area contributed by atoms with Crippen LogP contribution in [0.15, 0.2) is 66.7 Å². The molecule has 0 spiro atoms. The Kier molecular flexibility index (Phi) is 6.16. The van der Waals surface area contributed by atoms with Gasteiger partial charge in [0.05, 0.1) is 28.9 Å². The largest absolute Gasteiger partial charge is 0.457 e. The first-order valence-corrected chi connectivity index (χ1v) is 12.9. The van der Waals surface area contributed by atoms with Gasteiger partial charge in [0.1, 0.15) is 17.0 Å². The van der Waals surface area contributed by atoms with Crippen LogP contribution < -0.4 is 9.64 Å². The fraction of sp³-hybridized carbons (Fsp3) is 0.259. The second-order valence-corrected chi connectivity index (χ2v) is 10.1. The van der Waals surface area contributed by atoms with Gasteiger partial charge in [-0.3, -0.25) is 14.6 Å². The highest BCUT2D eigenvalue weighted by atomic mass is 35.5. The number of aromatic nitrogens is 1. The fourth-order valence-electron chi connectivity index (χ4n) is 4.72. The molecule has 35 heavy (non-hydrogen) atoms. The van der Waals surface area contributed by atoms with Gasteiger partial charge in [0, 0.05) is 37.3 Å². The molecule has 0 atom stereocenters. The molecule has 0 bridgehead atoms. The molecule has 6 rings (SSSR count). The molecule has 1 amide bonds. The minimum Gasteiger partial charge on any atom is -0.457 e. The van der Waals surface area contributed by atoms with Crippen molar-refractivity contribution in [3.63, 3.8) is 0 Å². The predicted octanol–water partition coefficient (Wildman–Crippen LogP) is 5.55. The number of benzene rings is 3. The number of carbonyl (C=O) groups excluding carboxylic acids is 1. The summed E-state index contributed by atoms with van der Waals surface area (Å²) < 4.78 is 12.6. The Hall–Kier alpha value is -2.97. The first kappa shape index (κ1) is 22.5. The van der Waals surface area contributed by atoms with Crippen molar-refractivity contribution in [1.29, 1.82) is 0 Å². The second-order valence-electron chi connectivity index (χ2n) is 8.64. The quantitative estimate of drug-likeness (QED) is 0.356. The summed E-state index contributed by atoms with van der Waals surface area (Å²) in [7, 11) is 0. The maximum atomic E-state index is 14.4. The molecule has 0 unspecified atom stereocenters. The predicted molar refractivity (Wildman–Crippen MR) is 139 cm³/mol. The van der Waals surface area contributed by atoms with Crippen molar-refractivity contribution in [1.82, 2.24) is 9.88 Å². The van der Waals surface area contributed by atoms with Crippen LogP contribution in [0.5, 0.6) is 11.5 Å². The number of hydrogen-bond acceptors (Lipinski definition) is 6. The lowest BCUT2D eigenvalue weighted by atomic mass is 9.87. The Morgan fingerprint density at radius 3 is 2.37 bits per heavy atom. The van der Waals surface area contributed by atoms with E-state index in [0.29, 0.717) is 41.4 Å². The zero-order valence-electron chi connectivity index (χ0n) is 19.0. The van der Waals surface area contributed by atoms with Gasteiger partial charge in [-0.15, -0.1) is 0 Å². The van der Waals surface area contributed by atoms with Crippen LogP contribution in [0.3, 0.4) is 0 Å². The minimum absolute atomic E-state index is 0.0170. The third kappa shape index (κ3) is 4.29. The second kappa shape index (κ2) is 9.59. The number of carbonyl (C=O) groups is 1. The Morgan fingerprint density at radius 1 is 1.00 bits per heavy atom. The number of halogens is 1. The van der Waals surface area contributed by atoms with Gasteiger partial charge in [0.2, 0.25) is 5.91 Å². The molecule has 6 nitrogen and oxygen atoms in total. The van der Waals surface area contributed by atoms with E-state index in [0.717, 1.165) is 41.0 Å². The lowest BCUT2D eigenvalue weighted by Crippen LogP contribution is -2.44. The molecule has 178 valence electrons. The van der Waals surface area contributed by atoms with Gasteiger partial charge in [-0.1, -0.05) is 65.4 Å². The van der Waals surface area contributed by atoms with Gasteiger partial charge in [-0.05, 0) is 24.3 Å². The molecule has 0 saturated carbocycles. The summed E-state index contributed by atoms with van der Waals surface area (Å²) in [6.07, 6.45) is 0. The standard InChI is InChI=1S/C27H24ClN3O3S/c28-20-8-5-11-23-25(20)29-27(35-23)31(13-12-30-14-16-33-17-15-30)26(32)24-18-6-1-3-9-21(18)34-22-10-4-2-7-19(22)24/h1-11,24H,12-17H2. The maximum absolute atomic E-state index is 14.4. The summed E-state index contributed by atoms with van der Waals surface area (Å²) in [4.78, 5) is 23.4. The number of morpholine rings is 1. The third-order valence-corrected chi connectivity index (χ3v) is 7.87. The lowest BCUT2D eigenvalue weighted by Gasteiger charge is -2.33. The summed E-state index contributed by atoms with van der Waals surface area (Å²) in [6.45, 7) is 4.41. The van der Waals surface area contributed by atoms with Crippen molar-refractivity contribution in [2.45, 2.75) is 5.92 Å². The minimum atomic E-state index is -0.483. The van der Waals surface area contributed by atoms with Gasteiger partial charge < -0.3 is 9.47 Å². The molecular formula is C27H24ClN3O3S. The molecule has 0 aliphatic carbocycles. The van der Waals surface area contributed by atoms with Crippen molar-refractivity contribution in [2.24, 2.45) is 0 Å². The summed E-state index contributed by atoms with van der Waals surface area (Å²) in [5.74, 6) is 0.926. The van der Waals surface area contributed by atoms with Crippen LogP contribution in [-0.4, -0.2) is 55.2 Å². The van der Waals surface area contributed by atoms with E-state index in [1.807, 2.05) is 71.6 Å².